The molecule has 4 aromatic rings. The lowest BCUT2D eigenvalue weighted by Crippen LogP contribution is -1.55. The summed E-state index contributed by atoms with van der Waals surface area (Å²) in [5, 5.41) is 7.90. The Hall–Kier alpha value is -2.34. The zero-order valence-corrected chi connectivity index (χ0v) is 9.93. The van der Waals surface area contributed by atoms with Gasteiger partial charge in [0.1, 0.15) is 0 Å². The lowest BCUT2D eigenvalue weighted by Gasteiger charge is -1.82. The van der Waals surface area contributed by atoms with Crippen molar-refractivity contribution in [2.75, 3.05) is 0 Å². The largest absolute Gasteiger partial charge is 0.0622 e. The molecular weight excluding hydrogens is 216 g/mol. The summed E-state index contributed by atoms with van der Waals surface area (Å²) in [7, 11) is 0. The van der Waals surface area contributed by atoms with Gasteiger partial charge in [-0.3, -0.25) is 0 Å². The van der Waals surface area contributed by atoms with E-state index >= 15 is 0 Å². The summed E-state index contributed by atoms with van der Waals surface area (Å²) in [6.45, 7) is 0. The second-order valence-electron chi connectivity index (χ2n) is 4.71. The second kappa shape index (κ2) is 3.58. The molecule has 0 aromatic heterocycles. The summed E-state index contributed by atoms with van der Waals surface area (Å²) in [4.78, 5) is 0. The molecular formula is C18H12. The predicted octanol–water partition coefficient (Wildman–Crippen LogP) is 5.15. The summed E-state index contributed by atoms with van der Waals surface area (Å²) in [5.74, 6) is 0. The fourth-order valence-corrected chi connectivity index (χ4v) is 2.71. The van der Waals surface area contributed by atoms with Crippen molar-refractivity contribution in [3.05, 3.63) is 72.8 Å². The molecule has 0 saturated carbocycles. The zero-order valence-electron chi connectivity index (χ0n) is 9.93. The van der Waals surface area contributed by atoms with Gasteiger partial charge in [0.2, 0.25) is 0 Å². The van der Waals surface area contributed by atoms with Gasteiger partial charge in [0.05, 0.1) is 0 Å². The molecule has 4 aromatic carbocycles. The van der Waals surface area contributed by atoms with Gasteiger partial charge in [-0.15, -0.1) is 0 Å². The van der Waals surface area contributed by atoms with E-state index < -0.39 is 0 Å². The normalized spacial score (nSPS) is 11.3. The van der Waals surface area contributed by atoms with Crippen molar-refractivity contribution < 1.29 is 0 Å². The zero-order chi connectivity index (χ0) is 11.9. The minimum Gasteiger partial charge on any atom is -0.0622 e. The number of hydrogen-bond acceptors (Lipinski definition) is 0. The molecule has 4 rings (SSSR count). The summed E-state index contributed by atoms with van der Waals surface area (Å²) < 4.78 is 0. The van der Waals surface area contributed by atoms with Crippen molar-refractivity contribution in [3.63, 3.8) is 0 Å². The van der Waals surface area contributed by atoms with Gasteiger partial charge in [0.15, 0.2) is 0 Å². The third-order valence-electron chi connectivity index (χ3n) is 3.61. The summed E-state index contributed by atoms with van der Waals surface area (Å²) in [6.07, 6.45) is 0. The van der Waals surface area contributed by atoms with Gasteiger partial charge in [-0.25, -0.2) is 0 Å². The van der Waals surface area contributed by atoms with Crippen LogP contribution in [-0.4, -0.2) is 0 Å². The third-order valence-corrected chi connectivity index (χ3v) is 3.61. The average molecular weight is 228 g/mol. The molecule has 0 aliphatic heterocycles. The quantitative estimate of drug-likeness (QED) is 0.390. The summed E-state index contributed by atoms with van der Waals surface area (Å²) in [6, 6.07) is 26.1. The van der Waals surface area contributed by atoms with Gasteiger partial charge in [-0.1, -0.05) is 60.7 Å². The first kappa shape index (κ1) is 9.67. The fraction of sp³-hybridized carbons (Fsp3) is 0. The first-order valence-corrected chi connectivity index (χ1v) is 6.22. The molecule has 0 aliphatic carbocycles. The van der Waals surface area contributed by atoms with Crippen LogP contribution in [0.3, 0.4) is 0 Å². The SMILES string of the molecule is c1ccc2cc3cc4cccc4ccc3c2cc1. The van der Waals surface area contributed by atoms with E-state index in [1.165, 1.54) is 32.3 Å². The van der Waals surface area contributed by atoms with Crippen molar-refractivity contribution in [2.24, 2.45) is 0 Å². The second-order valence-corrected chi connectivity index (χ2v) is 4.71. The van der Waals surface area contributed by atoms with Crippen molar-refractivity contribution in [1.82, 2.24) is 0 Å². The van der Waals surface area contributed by atoms with E-state index in [-0.39, 0.29) is 0 Å². The highest BCUT2D eigenvalue weighted by molar-refractivity contribution is 6.13. The maximum Gasteiger partial charge on any atom is -0.0105 e. The van der Waals surface area contributed by atoms with Gasteiger partial charge in [0.25, 0.3) is 0 Å². The highest BCUT2D eigenvalue weighted by Crippen LogP contribution is 2.29. The van der Waals surface area contributed by atoms with Crippen molar-refractivity contribution >= 4 is 32.3 Å². The Labute approximate surface area is 105 Å². The topological polar surface area (TPSA) is 0 Å². The molecule has 84 valence electrons. The van der Waals surface area contributed by atoms with Gasteiger partial charge in [-0.05, 0) is 44.5 Å². The molecule has 0 heteroatoms. The molecule has 0 saturated heterocycles. The Morgan fingerprint density at radius 1 is 0.389 bits per heavy atom. The Kier molecular flexibility index (Phi) is 1.92. The van der Waals surface area contributed by atoms with E-state index in [1.54, 1.807) is 0 Å². The maximum atomic E-state index is 2.28. The van der Waals surface area contributed by atoms with Crippen molar-refractivity contribution in [3.8, 4) is 0 Å². The van der Waals surface area contributed by atoms with E-state index in [0.29, 0.717) is 0 Å². The van der Waals surface area contributed by atoms with E-state index in [1.807, 2.05) is 0 Å². The summed E-state index contributed by atoms with van der Waals surface area (Å²) >= 11 is 0. The minimum atomic E-state index is 1.31. The Balaban J connectivity index is 2.27. The molecule has 0 amide bonds. The van der Waals surface area contributed by atoms with E-state index in [9.17, 15) is 0 Å². The first-order valence-electron chi connectivity index (χ1n) is 6.22. The highest BCUT2D eigenvalue weighted by Gasteiger charge is 2.02. The molecule has 0 fully saturated rings. The van der Waals surface area contributed by atoms with Crippen LogP contribution >= 0.6 is 0 Å². The van der Waals surface area contributed by atoms with Crippen LogP contribution in [0.15, 0.2) is 72.8 Å². The van der Waals surface area contributed by atoms with E-state index in [4.69, 9.17) is 0 Å². The predicted molar refractivity (Wildman–Crippen MR) is 79.0 cm³/mol. The van der Waals surface area contributed by atoms with Crippen LogP contribution in [0.5, 0.6) is 0 Å². The van der Waals surface area contributed by atoms with Crippen LogP contribution in [0, 0.1) is 0 Å². The maximum absolute atomic E-state index is 2.28. The third kappa shape index (κ3) is 1.32. The number of rotatable bonds is 0. The van der Waals surface area contributed by atoms with Crippen LogP contribution in [-0.2, 0) is 0 Å². The first-order chi connectivity index (χ1) is 8.92. The average Bonchev–Trinajstić information content (AvgIpc) is 2.80. The monoisotopic (exact) mass is 228 g/mol. The van der Waals surface area contributed by atoms with Crippen LogP contribution in [0.25, 0.3) is 32.3 Å². The molecule has 0 aliphatic rings. The Bertz CT molecular complexity index is 872. The standard InChI is InChI=1S/C18H12/c1-2-5-15-12-16-11-14-7-4-6-13(14)9-10-18(16)17(15)8-3-1/h1-12H. The summed E-state index contributed by atoms with van der Waals surface area (Å²) in [5.41, 5.74) is 0. The molecule has 0 N–H and O–H groups in total. The molecule has 0 nitrogen and oxygen atoms in total. The van der Waals surface area contributed by atoms with Crippen LogP contribution in [0.2, 0.25) is 0 Å². The molecule has 18 heavy (non-hydrogen) atoms. The molecule has 0 spiro atoms. The van der Waals surface area contributed by atoms with Crippen LogP contribution < -0.4 is 0 Å². The fourth-order valence-electron chi connectivity index (χ4n) is 2.71. The van der Waals surface area contributed by atoms with E-state index in [2.05, 4.69) is 72.8 Å². The number of fused-ring (bicyclic) bond motifs is 4. The Morgan fingerprint density at radius 2 is 1.11 bits per heavy atom. The van der Waals surface area contributed by atoms with Crippen LogP contribution in [0.1, 0.15) is 0 Å². The highest BCUT2D eigenvalue weighted by atomic mass is 14.1. The van der Waals surface area contributed by atoms with Gasteiger partial charge in [0, 0.05) is 0 Å². The molecule has 0 radical (unpaired) electrons. The lowest BCUT2D eigenvalue weighted by molar-refractivity contribution is 1.89. The van der Waals surface area contributed by atoms with Gasteiger partial charge < -0.3 is 0 Å². The molecule has 0 bridgehead atoms. The number of hydrogen-bond donors (Lipinski definition) is 0. The molecule has 0 atom stereocenters. The molecule has 0 heterocycles. The lowest BCUT2D eigenvalue weighted by atomic mass is 10.2. The van der Waals surface area contributed by atoms with Gasteiger partial charge in [-0.2, -0.15) is 0 Å². The van der Waals surface area contributed by atoms with Crippen molar-refractivity contribution in [1.29, 1.82) is 0 Å². The smallest absolute Gasteiger partial charge is 0.0105 e. The van der Waals surface area contributed by atoms with Crippen LogP contribution in [0.4, 0.5) is 0 Å². The van der Waals surface area contributed by atoms with Gasteiger partial charge >= 0.3 is 0 Å². The molecule has 0 unspecified atom stereocenters. The Morgan fingerprint density at radius 3 is 2.11 bits per heavy atom. The van der Waals surface area contributed by atoms with Crippen molar-refractivity contribution in [2.45, 2.75) is 0 Å². The van der Waals surface area contributed by atoms with E-state index in [0.717, 1.165) is 0 Å². The minimum absolute atomic E-state index is 1.31.